The van der Waals surface area contributed by atoms with Crippen molar-refractivity contribution in [2.75, 3.05) is 0 Å². The predicted octanol–water partition coefficient (Wildman–Crippen LogP) is 5.33. The van der Waals surface area contributed by atoms with Gasteiger partial charge in [-0.1, -0.05) is 60.7 Å². The molecule has 0 aliphatic carbocycles. The molecule has 0 atom stereocenters. The summed E-state index contributed by atoms with van der Waals surface area (Å²) in [6, 6.07) is 25.3. The minimum Gasteiger partial charge on any atom is -0.545 e. The van der Waals surface area contributed by atoms with Gasteiger partial charge in [-0.25, -0.2) is 0 Å². The van der Waals surface area contributed by atoms with E-state index in [0.29, 0.717) is 6.61 Å². The van der Waals surface area contributed by atoms with E-state index in [1.54, 1.807) is 23.5 Å². The van der Waals surface area contributed by atoms with E-state index in [9.17, 15) is 9.90 Å². The van der Waals surface area contributed by atoms with E-state index < -0.39 is 5.97 Å². The van der Waals surface area contributed by atoms with Crippen LogP contribution in [0.5, 0.6) is 5.75 Å². The van der Waals surface area contributed by atoms with Crippen molar-refractivity contribution in [3.63, 3.8) is 0 Å². The fraction of sp³-hybridized carbons (Fsp3) is 0.0800. The highest BCUT2D eigenvalue weighted by molar-refractivity contribution is 7.14. The van der Waals surface area contributed by atoms with E-state index in [4.69, 9.17) is 4.74 Å². The van der Waals surface area contributed by atoms with E-state index in [1.807, 2.05) is 66.9 Å². The Kier molecular flexibility index (Phi) is 5.45. The molecule has 0 bridgehead atoms. The normalized spacial score (nSPS) is 10.7. The van der Waals surface area contributed by atoms with Gasteiger partial charge in [0.2, 0.25) is 0 Å². The smallest absolute Gasteiger partial charge is 0.127 e. The van der Waals surface area contributed by atoms with Crippen molar-refractivity contribution in [3.8, 4) is 27.3 Å². The van der Waals surface area contributed by atoms with E-state index in [2.05, 4.69) is 12.1 Å². The molecule has 0 saturated heterocycles. The summed E-state index contributed by atoms with van der Waals surface area (Å²) in [5.41, 5.74) is 5.31. The van der Waals surface area contributed by atoms with Gasteiger partial charge in [0.15, 0.2) is 0 Å². The minimum atomic E-state index is -1.16. The first-order chi connectivity index (χ1) is 14.1. The number of rotatable bonds is 6. The van der Waals surface area contributed by atoms with Crippen LogP contribution >= 0.6 is 11.3 Å². The van der Waals surface area contributed by atoms with Crippen LogP contribution < -0.4 is 9.84 Å². The summed E-state index contributed by atoms with van der Waals surface area (Å²) in [6.45, 7) is 2.42. The monoisotopic (exact) mass is 399 g/mol. The van der Waals surface area contributed by atoms with Crippen molar-refractivity contribution >= 4 is 17.3 Å². The molecule has 3 nitrogen and oxygen atoms in total. The first kappa shape index (κ1) is 19.0. The number of ether oxygens (including phenoxy) is 1. The van der Waals surface area contributed by atoms with E-state index in [-0.39, 0.29) is 5.56 Å². The van der Waals surface area contributed by atoms with Gasteiger partial charge < -0.3 is 14.6 Å². The third-order valence-corrected chi connectivity index (χ3v) is 5.73. The number of aromatic carboxylic acids is 1. The molecule has 29 heavy (non-hydrogen) atoms. The number of carbonyl (C=O) groups excluding carboxylic acids is 1. The zero-order valence-corrected chi connectivity index (χ0v) is 16.7. The maximum absolute atomic E-state index is 11.1. The number of aryl methyl sites for hydroxylation is 1. The number of thiophene rings is 1. The summed E-state index contributed by atoms with van der Waals surface area (Å²) in [7, 11) is 0. The predicted molar refractivity (Wildman–Crippen MR) is 115 cm³/mol. The molecule has 0 unspecified atom stereocenters. The summed E-state index contributed by atoms with van der Waals surface area (Å²) < 4.78 is 6.14. The largest absolute Gasteiger partial charge is 0.545 e. The number of carboxylic acid groups (broad SMARTS) is 1. The Morgan fingerprint density at radius 3 is 2.41 bits per heavy atom. The van der Waals surface area contributed by atoms with Crippen LogP contribution in [0.4, 0.5) is 0 Å². The average Bonchev–Trinajstić information content (AvgIpc) is 3.22. The Balaban J connectivity index is 1.69. The van der Waals surface area contributed by atoms with Crippen molar-refractivity contribution in [3.05, 3.63) is 101 Å². The molecule has 0 aliphatic heterocycles. The third kappa shape index (κ3) is 4.08. The molecular weight excluding hydrogens is 380 g/mol. The van der Waals surface area contributed by atoms with Gasteiger partial charge in [-0.15, -0.1) is 11.3 Å². The number of benzene rings is 3. The van der Waals surface area contributed by atoms with Crippen molar-refractivity contribution in [1.29, 1.82) is 0 Å². The summed E-state index contributed by atoms with van der Waals surface area (Å²) in [5.74, 6) is -0.342. The number of carboxylic acids is 1. The molecule has 144 valence electrons. The van der Waals surface area contributed by atoms with Crippen molar-refractivity contribution < 1.29 is 14.6 Å². The lowest BCUT2D eigenvalue weighted by Crippen LogP contribution is -2.22. The topological polar surface area (TPSA) is 49.4 Å². The zero-order valence-electron chi connectivity index (χ0n) is 15.9. The first-order valence-corrected chi connectivity index (χ1v) is 10.2. The van der Waals surface area contributed by atoms with Crippen LogP contribution in [-0.2, 0) is 6.61 Å². The Labute approximate surface area is 173 Å². The minimum absolute atomic E-state index is 0.191. The van der Waals surface area contributed by atoms with Gasteiger partial charge in [0.05, 0.1) is 5.97 Å². The Morgan fingerprint density at radius 1 is 0.897 bits per heavy atom. The Hall–Kier alpha value is -3.37. The zero-order chi connectivity index (χ0) is 20.2. The Morgan fingerprint density at radius 2 is 1.66 bits per heavy atom. The number of hydrogen-bond donors (Lipinski definition) is 0. The number of hydrogen-bond acceptors (Lipinski definition) is 4. The lowest BCUT2D eigenvalue weighted by molar-refractivity contribution is -0.255. The number of para-hydroxylation sites is 1. The highest BCUT2D eigenvalue weighted by atomic mass is 32.1. The molecule has 1 aromatic heterocycles. The van der Waals surface area contributed by atoms with Gasteiger partial charge in [0.1, 0.15) is 12.4 Å². The summed E-state index contributed by atoms with van der Waals surface area (Å²) >= 11 is 1.63. The molecule has 4 aromatic rings. The van der Waals surface area contributed by atoms with E-state index >= 15 is 0 Å². The van der Waals surface area contributed by atoms with Crippen LogP contribution in [0, 0.1) is 6.92 Å². The molecule has 0 radical (unpaired) electrons. The van der Waals surface area contributed by atoms with Crippen LogP contribution in [0.1, 0.15) is 21.5 Å². The molecule has 0 saturated carbocycles. The van der Waals surface area contributed by atoms with Gasteiger partial charge in [0.25, 0.3) is 0 Å². The first-order valence-electron chi connectivity index (χ1n) is 9.29. The van der Waals surface area contributed by atoms with Crippen LogP contribution in [0.15, 0.2) is 84.2 Å². The van der Waals surface area contributed by atoms with E-state index in [0.717, 1.165) is 38.4 Å². The summed E-state index contributed by atoms with van der Waals surface area (Å²) in [4.78, 5) is 12.2. The van der Waals surface area contributed by atoms with Gasteiger partial charge in [-0.2, -0.15) is 0 Å². The molecule has 4 heteroatoms. The molecular formula is C25H19O3S-. The van der Waals surface area contributed by atoms with Crippen LogP contribution in [0.25, 0.3) is 21.6 Å². The molecule has 0 amide bonds. The maximum Gasteiger partial charge on any atom is 0.127 e. The maximum atomic E-state index is 11.1. The molecule has 4 rings (SSSR count). The van der Waals surface area contributed by atoms with Crippen LogP contribution in [0.3, 0.4) is 0 Å². The highest BCUT2D eigenvalue weighted by Crippen LogP contribution is 2.42. The molecule has 1 heterocycles. The van der Waals surface area contributed by atoms with Crippen molar-refractivity contribution in [2.45, 2.75) is 13.5 Å². The Bertz CT molecular complexity index is 1150. The highest BCUT2D eigenvalue weighted by Gasteiger charge is 2.15. The van der Waals surface area contributed by atoms with Gasteiger partial charge >= 0.3 is 0 Å². The quantitative estimate of drug-likeness (QED) is 0.440. The second-order valence-corrected chi connectivity index (χ2v) is 7.67. The van der Waals surface area contributed by atoms with Crippen molar-refractivity contribution in [1.82, 2.24) is 0 Å². The van der Waals surface area contributed by atoms with Gasteiger partial charge in [-0.3, -0.25) is 0 Å². The fourth-order valence-electron chi connectivity index (χ4n) is 3.33. The van der Waals surface area contributed by atoms with Gasteiger partial charge in [0, 0.05) is 16.0 Å². The third-order valence-electron chi connectivity index (χ3n) is 4.79. The second-order valence-electron chi connectivity index (χ2n) is 6.75. The molecule has 0 aliphatic rings. The lowest BCUT2D eigenvalue weighted by atomic mass is 9.98. The average molecular weight is 399 g/mol. The number of carbonyl (C=O) groups is 1. The lowest BCUT2D eigenvalue weighted by Gasteiger charge is -2.14. The molecule has 0 spiro atoms. The van der Waals surface area contributed by atoms with Gasteiger partial charge in [-0.05, 0) is 52.8 Å². The van der Waals surface area contributed by atoms with E-state index in [1.165, 1.54) is 0 Å². The molecule has 0 fully saturated rings. The van der Waals surface area contributed by atoms with Crippen molar-refractivity contribution in [2.24, 2.45) is 0 Å². The molecule has 0 N–H and O–H groups in total. The van der Waals surface area contributed by atoms with Crippen LogP contribution in [0.2, 0.25) is 0 Å². The second kappa shape index (κ2) is 8.33. The SMILES string of the molecule is Cc1cc(C(=O)[O-])ccc1-c1sccc1-c1ccccc1OCc1ccccc1. The fourth-order valence-corrected chi connectivity index (χ4v) is 4.33. The standard InChI is InChI=1S/C25H20O3S/c1-17-15-19(25(26)27)11-12-20(17)24-22(13-14-29-24)21-9-5-6-10-23(21)28-16-18-7-3-2-4-8-18/h2-15H,16H2,1H3,(H,26,27)/p-1. The van der Waals surface area contributed by atoms with Crippen LogP contribution in [-0.4, -0.2) is 5.97 Å². The summed E-state index contributed by atoms with van der Waals surface area (Å²) in [6.07, 6.45) is 0. The molecule has 3 aromatic carbocycles. The summed E-state index contributed by atoms with van der Waals surface area (Å²) in [5, 5.41) is 13.2.